The summed E-state index contributed by atoms with van der Waals surface area (Å²) in [6.45, 7) is 13.3. The molecule has 0 radical (unpaired) electrons. The van der Waals surface area contributed by atoms with Gasteiger partial charge < -0.3 is 19.9 Å². The van der Waals surface area contributed by atoms with Gasteiger partial charge in [-0.15, -0.1) is 0 Å². The summed E-state index contributed by atoms with van der Waals surface area (Å²) in [7, 11) is 1.47. The number of guanidine groups is 1. The van der Waals surface area contributed by atoms with Crippen molar-refractivity contribution in [3.8, 4) is 0 Å². The largest absolute Gasteiger partial charge is 0.469 e. The molecule has 3 unspecified atom stereocenters. The van der Waals surface area contributed by atoms with Gasteiger partial charge in [0, 0.05) is 32.7 Å². The van der Waals surface area contributed by atoms with E-state index in [1.54, 1.807) is 0 Å². The van der Waals surface area contributed by atoms with Gasteiger partial charge >= 0.3 is 5.97 Å². The van der Waals surface area contributed by atoms with E-state index in [4.69, 9.17) is 9.73 Å². The Morgan fingerprint density at radius 2 is 2.04 bits per heavy atom. The Kier molecular flexibility index (Phi) is 7.34. The Bertz CT molecular complexity index is 435. The van der Waals surface area contributed by atoms with Crippen molar-refractivity contribution in [1.82, 2.24) is 15.1 Å². The molecule has 2 saturated heterocycles. The number of likely N-dealkylation sites (tertiary alicyclic amines) is 2. The van der Waals surface area contributed by atoms with Crippen molar-refractivity contribution < 1.29 is 9.53 Å². The molecule has 0 bridgehead atoms. The molecule has 0 aromatic rings. The van der Waals surface area contributed by atoms with Gasteiger partial charge in [-0.3, -0.25) is 9.79 Å². The summed E-state index contributed by atoms with van der Waals surface area (Å²) in [5.74, 6) is 1.62. The topological polar surface area (TPSA) is 57.2 Å². The quantitative estimate of drug-likeness (QED) is 0.451. The van der Waals surface area contributed by atoms with Crippen LogP contribution in [0.5, 0.6) is 0 Å². The molecule has 0 aliphatic carbocycles. The zero-order chi connectivity index (χ0) is 17.5. The van der Waals surface area contributed by atoms with E-state index in [0.29, 0.717) is 18.4 Å². The Hall–Kier alpha value is -1.30. The van der Waals surface area contributed by atoms with Crippen molar-refractivity contribution >= 4 is 11.9 Å². The molecule has 3 atom stereocenters. The normalized spacial score (nSPS) is 26.7. The summed E-state index contributed by atoms with van der Waals surface area (Å²) in [6, 6.07) is 0. The second kappa shape index (κ2) is 9.25. The second-order valence-corrected chi connectivity index (χ2v) is 7.32. The van der Waals surface area contributed by atoms with Crippen LogP contribution in [-0.2, 0) is 9.53 Å². The highest BCUT2D eigenvalue weighted by atomic mass is 16.5. The van der Waals surface area contributed by atoms with Crippen LogP contribution in [0.2, 0.25) is 0 Å². The number of methoxy groups -OCH3 is 1. The first-order valence-electron chi connectivity index (χ1n) is 9.38. The molecule has 6 nitrogen and oxygen atoms in total. The average molecular weight is 338 g/mol. The number of rotatable bonds is 6. The van der Waals surface area contributed by atoms with Crippen LogP contribution in [0.3, 0.4) is 0 Å². The van der Waals surface area contributed by atoms with Crippen LogP contribution in [0.4, 0.5) is 0 Å². The van der Waals surface area contributed by atoms with E-state index in [9.17, 15) is 4.79 Å². The molecular formula is C18H34N4O2. The lowest BCUT2D eigenvalue weighted by Crippen LogP contribution is -2.41. The minimum absolute atomic E-state index is 0.0547. The molecule has 2 aliphatic rings. The molecule has 0 saturated carbocycles. The summed E-state index contributed by atoms with van der Waals surface area (Å²) in [5.41, 5.74) is 0. The summed E-state index contributed by atoms with van der Waals surface area (Å²) < 4.78 is 4.93. The number of esters is 1. The lowest BCUT2D eigenvalue weighted by Gasteiger charge is -2.23. The van der Waals surface area contributed by atoms with Crippen LogP contribution in [0.15, 0.2) is 4.99 Å². The van der Waals surface area contributed by atoms with E-state index in [1.165, 1.54) is 33.0 Å². The van der Waals surface area contributed by atoms with E-state index in [2.05, 4.69) is 35.9 Å². The van der Waals surface area contributed by atoms with Crippen LogP contribution in [0.1, 0.15) is 33.6 Å². The third kappa shape index (κ3) is 5.10. The maximum atomic E-state index is 11.9. The van der Waals surface area contributed by atoms with Crippen LogP contribution < -0.4 is 5.32 Å². The van der Waals surface area contributed by atoms with Gasteiger partial charge in [-0.2, -0.15) is 0 Å². The smallest absolute Gasteiger partial charge is 0.310 e. The van der Waals surface area contributed by atoms with E-state index in [1.807, 2.05) is 0 Å². The van der Waals surface area contributed by atoms with Gasteiger partial charge in [-0.25, -0.2) is 0 Å². The number of nitrogens with one attached hydrogen (secondary N) is 1. The summed E-state index contributed by atoms with van der Waals surface area (Å²) in [4.78, 5) is 21.5. The third-order valence-electron chi connectivity index (χ3n) is 5.07. The van der Waals surface area contributed by atoms with Gasteiger partial charge in [0.05, 0.1) is 13.0 Å². The molecule has 6 heteroatoms. The zero-order valence-corrected chi connectivity index (χ0v) is 15.8. The van der Waals surface area contributed by atoms with Gasteiger partial charge in [0.15, 0.2) is 5.96 Å². The molecule has 0 aromatic heterocycles. The molecule has 2 fully saturated rings. The number of nitrogens with zero attached hydrogens (tertiary/aromatic N) is 3. The van der Waals surface area contributed by atoms with Crippen molar-refractivity contribution in [2.75, 3.05) is 52.9 Å². The Labute approximate surface area is 146 Å². The van der Waals surface area contributed by atoms with E-state index in [0.717, 1.165) is 32.1 Å². The highest BCUT2D eigenvalue weighted by Crippen LogP contribution is 2.24. The summed E-state index contributed by atoms with van der Waals surface area (Å²) >= 11 is 0. The molecule has 0 aromatic carbocycles. The predicted molar refractivity (Wildman–Crippen MR) is 97.1 cm³/mol. The van der Waals surface area contributed by atoms with Crippen molar-refractivity contribution in [3.63, 3.8) is 0 Å². The van der Waals surface area contributed by atoms with Crippen LogP contribution >= 0.6 is 0 Å². The molecule has 24 heavy (non-hydrogen) atoms. The van der Waals surface area contributed by atoms with Gasteiger partial charge in [-0.05, 0) is 44.7 Å². The fraction of sp³-hybridized carbons (Fsp3) is 0.889. The van der Waals surface area contributed by atoms with Gasteiger partial charge in [0.25, 0.3) is 0 Å². The summed E-state index contributed by atoms with van der Waals surface area (Å²) in [5, 5.41) is 3.38. The van der Waals surface area contributed by atoms with Crippen molar-refractivity contribution in [3.05, 3.63) is 0 Å². The number of hydrogen-bond acceptors (Lipinski definition) is 4. The Balaban J connectivity index is 1.91. The third-order valence-corrected chi connectivity index (χ3v) is 5.07. The van der Waals surface area contributed by atoms with Crippen LogP contribution in [0, 0.1) is 17.8 Å². The van der Waals surface area contributed by atoms with E-state index >= 15 is 0 Å². The molecule has 138 valence electrons. The number of aliphatic imine (C=N–C) groups is 1. The highest BCUT2D eigenvalue weighted by Gasteiger charge is 2.36. The van der Waals surface area contributed by atoms with Crippen LogP contribution in [0.25, 0.3) is 0 Å². The SMILES string of the molecule is CCNC(=NCC(C)CN1CCCC1)N1CC(C)C(C(=O)OC)C1. The zero-order valence-electron chi connectivity index (χ0n) is 15.8. The number of ether oxygens (including phenoxy) is 1. The fourth-order valence-electron chi connectivity index (χ4n) is 3.73. The maximum absolute atomic E-state index is 11.9. The lowest BCUT2D eigenvalue weighted by atomic mass is 9.99. The number of carbonyl (C=O) groups excluding carboxylic acids is 1. The average Bonchev–Trinajstić information content (AvgIpc) is 3.20. The standard InChI is InChI=1S/C18H34N4O2/c1-5-19-18(20-10-14(2)11-21-8-6-7-9-21)22-12-15(3)16(13-22)17(23)24-4/h14-16H,5-13H2,1-4H3,(H,19,20). The first-order valence-corrected chi connectivity index (χ1v) is 9.38. The first-order chi connectivity index (χ1) is 11.5. The van der Waals surface area contributed by atoms with Crippen molar-refractivity contribution in [1.29, 1.82) is 0 Å². The fourth-order valence-corrected chi connectivity index (χ4v) is 3.73. The molecule has 0 spiro atoms. The maximum Gasteiger partial charge on any atom is 0.310 e. The monoisotopic (exact) mass is 338 g/mol. The van der Waals surface area contributed by atoms with Gasteiger partial charge in [-0.1, -0.05) is 13.8 Å². The van der Waals surface area contributed by atoms with E-state index < -0.39 is 0 Å². The van der Waals surface area contributed by atoms with Crippen molar-refractivity contribution in [2.24, 2.45) is 22.7 Å². The summed E-state index contributed by atoms with van der Waals surface area (Å²) in [6.07, 6.45) is 2.67. The first kappa shape index (κ1) is 19.0. The lowest BCUT2D eigenvalue weighted by molar-refractivity contribution is -0.145. The van der Waals surface area contributed by atoms with Gasteiger partial charge in [0.2, 0.25) is 0 Å². The molecule has 2 aliphatic heterocycles. The molecule has 0 amide bonds. The van der Waals surface area contributed by atoms with Crippen LogP contribution in [-0.4, -0.2) is 74.7 Å². The predicted octanol–water partition coefficient (Wildman–Crippen LogP) is 1.42. The minimum atomic E-state index is -0.108. The molecule has 2 rings (SSSR count). The minimum Gasteiger partial charge on any atom is -0.469 e. The van der Waals surface area contributed by atoms with E-state index in [-0.39, 0.29) is 11.9 Å². The number of hydrogen-bond donors (Lipinski definition) is 1. The molecule has 2 heterocycles. The number of carbonyl (C=O) groups is 1. The molecule has 1 N–H and O–H groups in total. The van der Waals surface area contributed by atoms with Gasteiger partial charge in [0.1, 0.15) is 0 Å². The van der Waals surface area contributed by atoms with Crippen molar-refractivity contribution in [2.45, 2.75) is 33.6 Å². The Morgan fingerprint density at radius 1 is 1.33 bits per heavy atom. The highest BCUT2D eigenvalue weighted by molar-refractivity contribution is 5.82. The Morgan fingerprint density at radius 3 is 2.67 bits per heavy atom. The molecular weight excluding hydrogens is 304 g/mol. The second-order valence-electron chi connectivity index (χ2n) is 7.32.